The first-order chi connectivity index (χ1) is 9.24. The molecular formula is C13H9BrN4O. The molecule has 0 bridgehead atoms. The van der Waals surface area contributed by atoms with Gasteiger partial charge in [-0.15, -0.1) is 5.10 Å². The molecule has 0 radical (unpaired) electrons. The molecule has 1 aromatic carbocycles. The van der Waals surface area contributed by atoms with Gasteiger partial charge in [-0.25, -0.2) is 4.52 Å². The van der Waals surface area contributed by atoms with Crippen molar-refractivity contribution < 1.29 is 4.79 Å². The topological polar surface area (TPSA) is 59.3 Å². The fourth-order valence-corrected chi connectivity index (χ4v) is 2.10. The van der Waals surface area contributed by atoms with Gasteiger partial charge >= 0.3 is 0 Å². The van der Waals surface area contributed by atoms with E-state index in [-0.39, 0.29) is 11.9 Å². The van der Waals surface area contributed by atoms with Crippen LogP contribution >= 0.6 is 15.9 Å². The Bertz CT molecular complexity index is 739. The number of hydrogen-bond donors (Lipinski definition) is 1. The Morgan fingerprint density at radius 3 is 2.63 bits per heavy atom. The zero-order valence-electron chi connectivity index (χ0n) is 9.75. The van der Waals surface area contributed by atoms with Gasteiger partial charge in [-0.1, -0.05) is 24.3 Å². The normalized spacial score (nSPS) is 10.6. The quantitative estimate of drug-likeness (QED) is 0.739. The largest absolute Gasteiger partial charge is 0.289 e. The molecule has 0 fully saturated rings. The number of halogens is 1. The van der Waals surface area contributed by atoms with Crippen molar-refractivity contribution >= 4 is 33.4 Å². The Morgan fingerprint density at radius 2 is 1.89 bits per heavy atom. The number of aromatic nitrogens is 3. The third-order valence-electron chi connectivity index (χ3n) is 2.57. The second-order valence-electron chi connectivity index (χ2n) is 3.87. The number of nitrogens with one attached hydrogen (secondary N) is 1. The molecule has 0 saturated heterocycles. The number of hydrogen-bond acceptors (Lipinski definition) is 3. The van der Waals surface area contributed by atoms with Crippen LogP contribution in [0.1, 0.15) is 10.4 Å². The Balaban J connectivity index is 1.90. The van der Waals surface area contributed by atoms with Crippen molar-refractivity contribution in [2.45, 2.75) is 0 Å². The van der Waals surface area contributed by atoms with E-state index in [4.69, 9.17) is 0 Å². The minimum atomic E-state index is -0.229. The van der Waals surface area contributed by atoms with Crippen LogP contribution in [0, 0.1) is 0 Å². The molecule has 3 rings (SSSR count). The number of carbonyl (C=O) groups excluding carboxylic acids is 1. The summed E-state index contributed by atoms with van der Waals surface area (Å²) in [7, 11) is 0. The zero-order valence-corrected chi connectivity index (χ0v) is 11.3. The van der Waals surface area contributed by atoms with Crippen LogP contribution in [0.25, 0.3) is 5.65 Å². The molecule has 6 heteroatoms. The van der Waals surface area contributed by atoms with E-state index < -0.39 is 0 Å². The highest BCUT2D eigenvalue weighted by Gasteiger charge is 2.10. The second kappa shape index (κ2) is 4.81. The van der Waals surface area contributed by atoms with Crippen molar-refractivity contribution in [3.63, 3.8) is 0 Å². The van der Waals surface area contributed by atoms with E-state index in [1.54, 1.807) is 16.6 Å². The Hall–Kier alpha value is -2.21. The van der Waals surface area contributed by atoms with Crippen molar-refractivity contribution in [3.8, 4) is 0 Å². The fourth-order valence-electron chi connectivity index (χ4n) is 1.69. The molecule has 0 aliphatic heterocycles. The molecular weight excluding hydrogens is 308 g/mol. The summed E-state index contributed by atoms with van der Waals surface area (Å²) < 4.78 is 2.39. The Labute approximate surface area is 117 Å². The second-order valence-corrected chi connectivity index (χ2v) is 4.69. The molecule has 2 heterocycles. The number of pyridine rings is 1. The lowest BCUT2D eigenvalue weighted by molar-refractivity contribution is 0.102. The van der Waals surface area contributed by atoms with Crippen LogP contribution in [0.5, 0.6) is 0 Å². The highest BCUT2D eigenvalue weighted by atomic mass is 79.9. The van der Waals surface area contributed by atoms with E-state index >= 15 is 0 Å². The van der Waals surface area contributed by atoms with Gasteiger partial charge in [0.25, 0.3) is 5.91 Å². The molecule has 1 amide bonds. The molecule has 3 aromatic rings. The van der Waals surface area contributed by atoms with Gasteiger partial charge in [0, 0.05) is 5.56 Å². The van der Waals surface area contributed by atoms with Crippen LogP contribution in [0.3, 0.4) is 0 Å². The number of rotatable bonds is 2. The molecule has 1 N–H and O–H groups in total. The summed E-state index contributed by atoms with van der Waals surface area (Å²) >= 11 is 3.37. The summed E-state index contributed by atoms with van der Waals surface area (Å²) in [5.74, 6) is 0.0494. The first-order valence-electron chi connectivity index (χ1n) is 5.62. The van der Waals surface area contributed by atoms with Crippen LogP contribution in [-0.2, 0) is 0 Å². The number of carbonyl (C=O) groups is 1. The SMILES string of the molecule is O=C(Nc1nc2cccc(Br)n2n1)c1ccccc1. The van der Waals surface area contributed by atoms with Crippen molar-refractivity contribution in [2.24, 2.45) is 0 Å². The first-order valence-corrected chi connectivity index (χ1v) is 6.41. The van der Waals surface area contributed by atoms with E-state index in [1.165, 1.54) is 0 Å². The highest BCUT2D eigenvalue weighted by Crippen LogP contribution is 2.14. The molecule has 94 valence electrons. The molecule has 0 atom stereocenters. The molecule has 0 saturated carbocycles. The smallest absolute Gasteiger partial charge is 0.258 e. The number of nitrogens with zero attached hydrogens (tertiary/aromatic N) is 3. The van der Waals surface area contributed by atoms with Crippen molar-refractivity contribution in [2.75, 3.05) is 5.32 Å². The predicted octanol–water partition coefficient (Wildman–Crippen LogP) is 2.74. The lowest BCUT2D eigenvalue weighted by Crippen LogP contribution is -2.12. The lowest BCUT2D eigenvalue weighted by atomic mass is 10.2. The van der Waals surface area contributed by atoms with Crippen LogP contribution in [0.15, 0.2) is 53.1 Å². The molecule has 0 aliphatic rings. The van der Waals surface area contributed by atoms with E-state index in [0.717, 1.165) is 4.60 Å². The summed E-state index contributed by atoms with van der Waals surface area (Å²) in [6.45, 7) is 0. The number of fused-ring (bicyclic) bond motifs is 1. The van der Waals surface area contributed by atoms with Gasteiger partial charge in [-0.2, -0.15) is 4.98 Å². The molecule has 0 unspecified atom stereocenters. The van der Waals surface area contributed by atoms with Crippen LogP contribution in [0.4, 0.5) is 5.95 Å². The van der Waals surface area contributed by atoms with Crippen LogP contribution < -0.4 is 5.32 Å². The van der Waals surface area contributed by atoms with Gasteiger partial charge in [-0.05, 0) is 40.2 Å². The van der Waals surface area contributed by atoms with Gasteiger partial charge in [0.05, 0.1) is 0 Å². The Morgan fingerprint density at radius 1 is 1.11 bits per heavy atom. The van der Waals surface area contributed by atoms with Gasteiger partial charge < -0.3 is 0 Å². The van der Waals surface area contributed by atoms with Gasteiger partial charge in [0.15, 0.2) is 5.65 Å². The van der Waals surface area contributed by atoms with Crippen LogP contribution in [0.2, 0.25) is 0 Å². The van der Waals surface area contributed by atoms with Gasteiger partial charge in [0.2, 0.25) is 5.95 Å². The maximum Gasteiger partial charge on any atom is 0.258 e. The first kappa shape index (κ1) is 11.9. The minimum absolute atomic E-state index is 0.229. The maximum absolute atomic E-state index is 12.0. The highest BCUT2D eigenvalue weighted by molar-refractivity contribution is 9.10. The monoisotopic (exact) mass is 316 g/mol. The summed E-state index contributed by atoms with van der Waals surface area (Å²) in [6, 6.07) is 14.5. The molecule has 2 aromatic heterocycles. The van der Waals surface area contributed by atoms with Crippen molar-refractivity contribution in [1.29, 1.82) is 0 Å². The minimum Gasteiger partial charge on any atom is -0.289 e. The number of amides is 1. The molecule has 0 aliphatic carbocycles. The third-order valence-corrected chi connectivity index (χ3v) is 3.18. The number of benzene rings is 1. The van der Waals surface area contributed by atoms with Crippen molar-refractivity contribution in [3.05, 3.63) is 58.7 Å². The average molecular weight is 317 g/mol. The maximum atomic E-state index is 12.0. The van der Waals surface area contributed by atoms with E-state index in [1.807, 2.05) is 36.4 Å². The van der Waals surface area contributed by atoms with E-state index in [0.29, 0.717) is 11.2 Å². The standard InChI is InChI=1S/C13H9BrN4O/c14-10-7-4-8-11-15-13(17-18(10)11)16-12(19)9-5-2-1-3-6-9/h1-8H,(H,16,17,19). The average Bonchev–Trinajstić information content (AvgIpc) is 2.84. The molecule has 5 nitrogen and oxygen atoms in total. The summed E-state index contributed by atoms with van der Waals surface area (Å²) in [6.07, 6.45) is 0. The summed E-state index contributed by atoms with van der Waals surface area (Å²) in [5.41, 5.74) is 1.23. The fraction of sp³-hybridized carbons (Fsp3) is 0. The van der Waals surface area contributed by atoms with Gasteiger partial charge in [0.1, 0.15) is 4.60 Å². The van der Waals surface area contributed by atoms with Gasteiger partial charge in [-0.3, -0.25) is 10.1 Å². The third kappa shape index (κ3) is 2.34. The van der Waals surface area contributed by atoms with Crippen LogP contribution in [-0.4, -0.2) is 20.5 Å². The molecule has 0 spiro atoms. The molecule has 19 heavy (non-hydrogen) atoms. The summed E-state index contributed by atoms with van der Waals surface area (Å²) in [4.78, 5) is 16.2. The van der Waals surface area contributed by atoms with E-state index in [9.17, 15) is 4.79 Å². The predicted molar refractivity (Wildman–Crippen MR) is 75.1 cm³/mol. The summed E-state index contributed by atoms with van der Waals surface area (Å²) in [5, 5.41) is 6.88. The van der Waals surface area contributed by atoms with E-state index in [2.05, 4.69) is 31.3 Å². The lowest BCUT2D eigenvalue weighted by Gasteiger charge is -1.99. The number of anilines is 1. The van der Waals surface area contributed by atoms with Crippen molar-refractivity contribution in [1.82, 2.24) is 14.6 Å². The Kier molecular flexibility index (Phi) is 3.00. The zero-order chi connectivity index (χ0) is 13.2.